The van der Waals surface area contributed by atoms with Crippen LogP contribution in [0.2, 0.25) is 0 Å². The van der Waals surface area contributed by atoms with Crippen molar-refractivity contribution >= 4 is 23.0 Å². The zero-order chi connectivity index (χ0) is 18.8. The van der Waals surface area contributed by atoms with Crippen molar-refractivity contribution in [3.05, 3.63) is 52.6 Å². The Labute approximate surface area is 159 Å². The van der Waals surface area contributed by atoms with E-state index < -0.39 is 6.10 Å². The summed E-state index contributed by atoms with van der Waals surface area (Å²) in [7, 11) is 3.23. The van der Waals surface area contributed by atoms with E-state index in [9.17, 15) is 5.11 Å². The Morgan fingerprint density at radius 3 is 2.54 bits per heavy atom. The van der Waals surface area contributed by atoms with Crippen LogP contribution in [0.25, 0.3) is 0 Å². The molecule has 2 N–H and O–H groups in total. The van der Waals surface area contributed by atoms with Crippen LogP contribution in [0, 0.1) is 13.8 Å². The second-order valence-electron chi connectivity index (χ2n) is 6.51. The van der Waals surface area contributed by atoms with Gasteiger partial charge in [0, 0.05) is 23.4 Å². The lowest BCUT2D eigenvalue weighted by molar-refractivity contribution is 0.123. The fourth-order valence-electron chi connectivity index (χ4n) is 3.30. The van der Waals surface area contributed by atoms with Crippen molar-refractivity contribution in [3.8, 4) is 11.5 Å². The van der Waals surface area contributed by atoms with E-state index in [2.05, 4.69) is 23.5 Å². The van der Waals surface area contributed by atoms with Crippen LogP contribution in [0.3, 0.4) is 0 Å². The third-order valence-corrected chi connectivity index (χ3v) is 5.07. The molecular formula is C20H24N2O3S. The predicted molar refractivity (Wildman–Crippen MR) is 107 cm³/mol. The maximum absolute atomic E-state index is 10.7. The van der Waals surface area contributed by atoms with Crippen LogP contribution in [0.4, 0.5) is 5.69 Å². The van der Waals surface area contributed by atoms with Gasteiger partial charge in [0.2, 0.25) is 0 Å². The monoisotopic (exact) mass is 372 g/mol. The van der Waals surface area contributed by atoms with Crippen molar-refractivity contribution in [1.82, 2.24) is 4.90 Å². The fraction of sp³-hybridized carbons (Fsp3) is 0.350. The molecule has 0 fully saturated rings. The lowest BCUT2D eigenvalue weighted by atomic mass is 9.95. The fourth-order valence-corrected chi connectivity index (χ4v) is 3.54. The molecule has 1 heterocycles. The summed E-state index contributed by atoms with van der Waals surface area (Å²) >= 11 is 5.61. The van der Waals surface area contributed by atoms with E-state index in [1.807, 2.05) is 30.9 Å². The largest absolute Gasteiger partial charge is 0.496 e. The lowest BCUT2D eigenvalue weighted by Gasteiger charge is -2.35. The Morgan fingerprint density at radius 2 is 1.85 bits per heavy atom. The number of hydrogen-bond donors (Lipinski definition) is 2. The Kier molecular flexibility index (Phi) is 5.34. The zero-order valence-electron chi connectivity index (χ0n) is 15.5. The highest BCUT2D eigenvalue weighted by Gasteiger charge is 2.30. The van der Waals surface area contributed by atoms with E-state index in [0.717, 1.165) is 33.7 Å². The normalized spacial score (nSPS) is 16.0. The number of aryl methyl sites for hydroxylation is 2. The van der Waals surface area contributed by atoms with Crippen molar-refractivity contribution in [2.75, 3.05) is 26.1 Å². The number of thiocarbonyl (C=S) groups is 1. The molecule has 138 valence electrons. The van der Waals surface area contributed by atoms with E-state index in [1.165, 1.54) is 0 Å². The zero-order valence-corrected chi connectivity index (χ0v) is 16.3. The number of benzene rings is 2. The van der Waals surface area contributed by atoms with E-state index in [-0.39, 0.29) is 0 Å². The number of fused-ring (bicyclic) bond motifs is 1. The molecule has 0 unspecified atom stereocenters. The summed E-state index contributed by atoms with van der Waals surface area (Å²) in [5, 5.41) is 14.6. The molecule has 1 atom stereocenters. The van der Waals surface area contributed by atoms with Gasteiger partial charge in [-0.25, -0.2) is 0 Å². The van der Waals surface area contributed by atoms with E-state index in [0.29, 0.717) is 24.0 Å². The Morgan fingerprint density at radius 1 is 1.15 bits per heavy atom. The van der Waals surface area contributed by atoms with Gasteiger partial charge in [0.25, 0.3) is 0 Å². The standard InChI is InChI=1S/C20H24N2O3S/c1-12-5-6-13(2)15(9-12)21-20(26)22-10-14-17(24-3)7-8-18(25-4)19(14)16(23)11-22/h5-9,16,23H,10-11H2,1-4H3,(H,21,26)/t16-/m1/s1. The van der Waals surface area contributed by atoms with Crippen molar-refractivity contribution < 1.29 is 14.6 Å². The van der Waals surface area contributed by atoms with Crippen LogP contribution in [0.15, 0.2) is 30.3 Å². The second kappa shape index (κ2) is 7.51. The number of anilines is 1. The third kappa shape index (κ3) is 3.48. The molecule has 1 aliphatic rings. The summed E-state index contributed by atoms with van der Waals surface area (Å²) in [4.78, 5) is 1.95. The summed E-state index contributed by atoms with van der Waals surface area (Å²) < 4.78 is 10.9. The molecule has 0 saturated heterocycles. The molecule has 26 heavy (non-hydrogen) atoms. The molecule has 0 spiro atoms. The summed E-state index contributed by atoms with van der Waals surface area (Å²) in [6, 6.07) is 9.88. The van der Waals surface area contributed by atoms with Gasteiger partial charge in [0.1, 0.15) is 17.6 Å². The first-order valence-electron chi connectivity index (χ1n) is 8.49. The van der Waals surface area contributed by atoms with E-state index in [4.69, 9.17) is 21.7 Å². The third-order valence-electron chi connectivity index (χ3n) is 4.71. The van der Waals surface area contributed by atoms with E-state index >= 15 is 0 Å². The number of ether oxygens (including phenoxy) is 2. The number of aliphatic hydroxyl groups excluding tert-OH is 1. The molecule has 5 nitrogen and oxygen atoms in total. The van der Waals surface area contributed by atoms with Crippen molar-refractivity contribution in [2.24, 2.45) is 0 Å². The van der Waals surface area contributed by atoms with Gasteiger partial charge in [-0.2, -0.15) is 0 Å². The highest BCUT2D eigenvalue weighted by atomic mass is 32.1. The number of hydrogen-bond acceptors (Lipinski definition) is 4. The minimum atomic E-state index is -0.706. The molecule has 0 aliphatic carbocycles. The van der Waals surface area contributed by atoms with Crippen LogP contribution in [-0.4, -0.2) is 35.9 Å². The first kappa shape index (κ1) is 18.5. The van der Waals surface area contributed by atoms with Crippen molar-refractivity contribution in [3.63, 3.8) is 0 Å². The predicted octanol–water partition coefficient (Wildman–Crippen LogP) is 3.57. The number of nitrogens with one attached hydrogen (secondary N) is 1. The molecule has 3 rings (SSSR count). The second-order valence-corrected chi connectivity index (χ2v) is 6.89. The summed E-state index contributed by atoms with van der Waals surface area (Å²) in [6.45, 7) is 5.03. The van der Waals surface area contributed by atoms with E-state index in [1.54, 1.807) is 14.2 Å². The average molecular weight is 372 g/mol. The highest BCUT2D eigenvalue weighted by Crippen LogP contribution is 2.39. The molecular weight excluding hydrogens is 348 g/mol. The van der Waals surface area contributed by atoms with Gasteiger partial charge in [0.05, 0.1) is 20.8 Å². The molecule has 0 saturated carbocycles. The van der Waals surface area contributed by atoms with Crippen molar-refractivity contribution in [1.29, 1.82) is 0 Å². The van der Waals surface area contributed by atoms with Gasteiger partial charge in [-0.15, -0.1) is 0 Å². The minimum absolute atomic E-state index is 0.396. The quantitative estimate of drug-likeness (QED) is 0.804. The number of aliphatic hydroxyl groups is 1. The number of methoxy groups -OCH3 is 2. The van der Waals surface area contributed by atoms with Gasteiger partial charge in [-0.05, 0) is 55.4 Å². The Bertz CT molecular complexity index is 838. The lowest BCUT2D eigenvalue weighted by Crippen LogP contribution is -2.41. The van der Waals surface area contributed by atoms with Crippen LogP contribution in [0.1, 0.15) is 28.4 Å². The molecule has 2 aromatic carbocycles. The molecule has 0 bridgehead atoms. The molecule has 0 aromatic heterocycles. The molecule has 6 heteroatoms. The van der Waals surface area contributed by atoms with Crippen LogP contribution >= 0.6 is 12.2 Å². The van der Waals surface area contributed by atoms with Crippen molar-refractivity contribution in [2.45, 2.75) is 26.5 Å². The summed E-state index contributed by atoms with van der Waals surface area (Å²) in [5.74, 6) is 1.39. The smallest absolute Gasteiger partial charge is 0.173 e. The van der Waals surface area contributed by atoms with Gasteiger partial charge < -0.3 is 24.8 Å². The Hall–Kier alpha value is -2.31. The Balaban J connectivity index is 1.88. The van der Waals surface area contributed by atoms with Gasteiger partial charge >= 0.3 is 0 Å². The summed E-state index contributed by atoms with van der Waals surface area (Å²) in [5.41, 5.74) is 4.94. The first-order valence-corrected chi connectivity index (χ1v) is 8.90. The maximum Gasteiger partial charge on any atom is 0.173 e. The summed E-state index contributed by atoms with van der Waals surface area (Å²) in [6.07, 6.45) is -0.706. The number of rotatable bonds is 3. The molecule has 0 radical (unpaired) electrons. The topological polar surface area (TPSA) is 54.0 Å². The maximum atomic E-state index is 10.7. The molecule has 2 aromatic rings. The number of β-amino-alcohol motifs (C(OH)–C–C–N with tert-alkyl or cyclic N) is 1. The average Bonchev–Trinajstić information content (AvgIpc) is 2.63. The van der Waals surface area contributed by atoms with Crippen LogP contribution < -0.4 is 14.8 Å². The molecule has 1 aliphatic heterocycles. The number of nitrogens with zero attached hydrogens (tertiary/aromatic N) is 1. The molecule has 0 amide bonds. The van der Waals surface area contributed by atoms with Gasteiger partial charge in [-0.1, -0.05) is 12.1 Å². The van der Waals surface area contributed by atoms with Crippen LogP contribution in [-0.2, 0) is 6.54 Å². The van der Waals surface area contributed by atoms with Crippen LogP contribution in [0.5, 0.6) is 11.5 Å². The SMILES string of the molecule is COc1ccc(OC)c2c1CN(C(=S)Nc1cc(C)ccc1C)C[C@H]2O. The highest BCUT2D eigenvalue weighted by molar-refractivity contribution is 7.80. The minimum Gasteiger partial charge on any atom is -0.496 e. The van der Waals surface area contributed by atoms with Gasteiger partial charge in [0.15, 0.2) is 5.11 Å². The van der Waals surface area contributed by atoms with Gasteiger partial charge in [-0.3, -0.25) is 0 Å². The first-order chi connectivity index (χ1) is 12.4.